The molecule has 0 atom stereocenters. The maximum Gasteiger partial charge on any atom is 0 e. The van der Waals surface area contributed by atoms with Crippen LogP contribution in [0.4, 0.5) is 4.79 Å². The van der Waals surface area contributed by atoms with Crippen LogP contribution in [0.1, 0.15) is 18.1 Å². The van der Waals surface area contributed by atoms with E-state index in [1.165, 1.54) is 11.1 Å². The van der Waals surface area contributed by atoms with Crippen LogP contribution >= 0.6 is 7.53 Å². The summed E-state index contributed by atoms with van der Waals surface area (Å²) in [6, 6.07) is 0. The fraction of sp³-hybridized carbons (Fsp3) is 0.286. The monoisotopic (exact) mass is 422 g/mol. The van der Waals surface area contributed by atoms with Crippen molar-refractivity contribution in [2.75, 3.05) is 6.61 Å². The van der Waals surface area contributed by atoms with Gasteiger partial charge in [0.25, 0.3) is 0 Å². The molecule has 0 unspecified atom stereocenters. The quantitative estimate of drug-likeness (QED) is 0.414. The van der Waals surface area contributed by atoms with E-state index in [0.29, 0.717) is 6.61 Å². The molecule has 1 rings (SSSR count). The molecular weight excluding hydrogens is 407 g/mol. The van der Waals surface area contributed by atoms with Gasteiger partial charge in [-0.2, -0.15) is 0 Å². The Balaban J connectivity index is -0.0000000565. The summed E-state index contributed by atoms with van der Waals surface area (Å²) in [4.78, 5) is 11.3. The van der Waals surface area contributed by atoms with Crippen LogP contribution in [0, 0.1) is 47.1 Å². The zero-order valence-corrected chi connectivity index (χ0v) is 15.5. The van der Waals surface area contributed by atoms with Crippen LogP contribution in [-0.4, -0.2) is 12.3 Å². The minimum Gasteiger partial charge on any atom is 0 e. The van der Waals surface area contributed by atoms with E-state index >= 15 is 0 Å². The molecule has 7 nitrogen and oxygen atoms in total. The van der Waals surface area contributed by atoms with Crippen LogP contribution in [0.3, 0.4) is 0 Å². The Bertz CT molecular complexity index is 429. The van der Waals surface area contributed by atoms with Gasteiger partial charge in [-0.05, 0) is 51.0 Å². The van der Waals surface area contributed by atoms with Crippen LogP contribution in [0.15, 0.2) is 11.6 Å². The molecule has 0 fully saturated rings. The van der Waals surface area contributed by atoms with Gasteiger partial charge in [-0.15, -0.1) is 0 Å². The van der Waals surface area contributed by atoms with Crippen molar-refractivity contribution in [2.45, 2.75) is 20.8 Å². The first-order valence-corrected chi connectivity index (χ1v) is 6.47. The van der Waals surface area contributed by atoms with Crippen molar-refractivity contribution in [3.05, 3.63) is 56.0 Å². The topological polar surface area (TPSA) is 126 Å². The standard InChI is InChI=1S/C9H13O2P.5CO.Mo/c1-4-11-9(10)12-5-7(2)8(3)6-12;5*1-2;/h5-6H,4H2,1-3H3;;;;;;. The van der Waals surface area contributed by atoms with Crippen LogP contribution < -0.4 is 0 Å². The first kappa shape index (κ1) is 37.7. The minimum atomic E-state index is -0.776. The molecule has 0 aliphatic heterocycles. The number of carbonyl (C=O) groups excluding carboxylic acids is 1. The molecule has 9 heteroatoms. The van der Waals surface area contributed by atoms with Gasteiger partial charge in [0.2, 0.25) is 0 Å². The van der Waals surface area contributed by atoms with E-state index in [9.17, 15) is 4.79 Å². The molecule has 0 amide bonds. The number of ether oxygens (including phenoxy) is 1. The summed E-state index contributed by atoms with van der Waals surface area (Å²) in [6.45, 7) is 28.8. The summed E-state index contributed by atoms with van der Waals surface area (Å²) in [7, 11) is -0.776. The second kappa shape index (κ2) is 37.1. The van der Waals surface area contributed by atoms with Gasteiger partial charge in [-0.1, -0.05) is 0 Å². The van der Waals surface area contributed by atoms with Gasteiger partial charge < -0.3 is 4.74 Å². The zero-order valence-electron chi connectivity index (χ0n) is 12.6. The normalized spacial score (nSPS) is 5.61. The average molecular weight is 420 g/mol. The van der Waals surface area contributed by atoms with Crippen LogP contribution in [-0.2, 0) is 49.1 Å². The molecule has 23 heavy (non-hydrogen) atoms. The van der Waals surface area contributed by atoms with Crippen molar-refractivity contribution >= 4 is 13.2 Å². The van der Waals surface area contributed by atoms with Gasteiger partial charge in [-0.3, -0.25) is 0 Å². The van der Waals surface area contributed by atoms with Gasteiger partial charge in [-0.25, -0.2) is 4.79 Å². The number of hydrogen-bond acceptors (Lipinski definition) is 2. The third-order valence-corrected chi connectivity index (χ3v) is 3.65. The predicted octanol–water partition coefficient (Wildman–Crippen LogP) is 3.10. The van der Waals surface area contributed by atoms with E-state index < -0.39 is 7.53 Å². The van der Waals surface area contributed by atoms with E-state index in [0.717, 1.165) is 0 Å². The van der Waals surface area contributed by atoms with Gasteiger partial charge in [0.1, 0.15) is 0 Å². The SMILES string of the molecule is CCOC(=O)p1cc(C)c(C)c1.[C-]#[O+].[C-]#[O+].[C-]#[O+].[C-]#[O+].[C-]#[O+].[Mo]. The second-order valence-corrected chi connectivity index (χ2v) is 4.43. The third kappa shape index (κ3) is 23.0. The first-order valence-electron chi connectivity index (χ1n) is 4.99. The Morgan fingerprint density at radius 3 is 1.39 bits per heavy atom. The number of carbonyl (C=O) groups is 1. The smallest absolute Gasteiger partial charge is 0 e. The van der Waals surface area contributed by atoms with Crippen molar-refractivity contribution in [2.24, 2.45) is 0 Å². The number of rotatable bonds is 2. The largest absolute Gasteiger partial charge is 0 e. The van der Waals surface area contributed by atoms with Crippen molar-refractivity contribution in [3.63, 3.8) is 0 Å². The zero-order chi connectivity index (χ0) is 19.1. The van der Waals surface area contributed by atoms with Crippen molar-refractivity contribution < 1.29 is 53.9 Å². The summed E-state index contributed by atoms with van der Waals surface area (Å²) in [6.07, 6.45) is 0. The van der Waals surface area contributed by atoms with Gasteiger partial charge in [0.05, 0.1) is 6.61 Å². The maximum atomic E-state index is 11.3. The van der Waals surface area contributed by atoms with Crippen molar-refractivity contribution in [1.29, 1.82) is 0 Å². The molecule has 1 aromatic heterocycles. The van der Waals surface area contributed by atoms with Gasteiger partial charge >= 0.3 is 62.2 Å². The fourth-order valence-electron chi connectivity index (χ4n) is 0.962. The van der Waals surface area contributed by atoms with Gasteiger partial charge in [0, 0.05) is 21.1 Å². The molecule has 1 heterocycles. The molecule has 0 spiro atoms. The molecule has 0 aliphatic rings. The summed E-state index contributed by atoms with van der Waals surface area (Å²) >= 11 is 0. The maximum absolute atomic E-state index is 11.3. The van der Waals surface area contributed by atoms with Crippen LogP contribution in [0.25, 0.3) is 0 Å². The Hall–Kier alpha value is -1.36. The van der Waals surface area contributed by atoms with E-state index in [-0.39, 0.29) is 26.8 Å². The first-order chi connectivity index (χ1) is 10.6. The second-order valence-electron chi connectivity index (χ2n) is 2.73. The number of hydrogen-bond donors (Lipinski definition) is 0. The molecule has 1 aromatic rings. The van der Waals surface area contributed by atoms with E-state index in [1.807, 2.05) is 32.4 Å². The molecule has 0 radical (unpaired) electrons. The molecular formula is C14H13MoO7P. The Morgan fingerprint density at radius 2 is 1.17 bits per heavy atom. The molecule has 0 saturated heterocycles. The van der Waals surface area contributed by atoms with Crippen LogP contribution in [0.2, 0.25) is 0 Å². The summed E-state index contributed by atoms with van der Waals surface area (Å²) in [5.74, 6) is 4.01. The summed E-state index contributed by atoms with van der Waals surface area (Å²) < 4.78 is 42.4. The summed E-state index contributed by atoms with van der Waals surface area (Å²) in [5, 5.41) is 0. The molecule has 0 N–H and O–H groups in total. The van der Waals surface area contributed by atoms with E-state index in [2.05, 4.69) is 33.3 Å². The van der Waals surface area contributed by atoms with E-state index in [1.54, 1.807) is 0 Å². The van der Waals surface area contributed by atoms with Crippen molar-refractivity contribution in [3.8, 4) is 0 Å². The molecule has 0 bridgehead atoms. The van der Waals surface area contributed by atoms with Crippen LogP contribution in [0.5, 0.6) is 0 Å². The minimum absolute atomic E-state index is 0. The Kier molecular flexibility index (Phi) is 60.9. The van der Waals surface area contributed by atoms with Gasteiger partial charge in [0.15, 0.2) is 0 Å². The molecule has 0 aliphatic carbocycles. The van der Waals surface area contributed by atoms with Crippen molar-refractivity contribution in [1.82, 2.24) is 0 Å². The molecule has 0 saturated carbocycles. The number of aryl methyl sites for hydroxylation is 2. The molecule has 0 aromatic carbocycles. The Morgan fingerprint density at radius 1 is 0.913 bits per heavy atom. The molecule has 122 valence electrons. The third-order valence-electron chi connectivity index (χ3n) is 1.77. The van der Waals surface area contributed by atoms with E-state index in [4.69, 9.17) is 28.0 Å². The predicted molar refractivity (Wildman–Crippen MR) is 70.7 cm³/mol. The fourth-order valence-corrected chi connectivity index (χ4v) is 2.77. The average Bonchev–Trinajstić information content (AvgIpc) is 2.96. The Labute approximate surface area is 150 Å². The summed E-state index contributed by atoms with van der Waals surface area (Å²) in [5.41, 5.74) is 2.33.